The normalized spacial score (nSPS) is 18.5. The Balaban J connectivity index is 1.64. The number of aryl methyl sites for hydroxylation is 1. The Morgan fingerprint density at radius 1 is 1.10 bits per heavy atom. The molecule has 1 N–H and O–H groups in total. The van der Waals surface area contributed by atoms with Crippen molar-refractivity contribution in [3.8, 4) is 0 Å². The molecule has 1 fully saturated rings. The first-order chi connectivity index (χ1) is 14.3. The highest BCUT2D eigenvalue weighted by Crippen LogP contribution is 2.32. The number of anilines is 1. The first-order valence-corrected chi connectivity index (χ1v) is 9.58. The van der Waals surface area contributed by atoms with Crippen LogP contribution in [0, 0.1) is 12.7 Å². The van der Waals surface area contributed by atoms with Crippen molar-refractivity contribution in [2.45, 2.75) is 32.4 Å². The number of amides is 4. The molecule has 30 heavy (non-hydrogen) atoms. The summed E-state index contributed by atoms with van der Waals surface area (Å²) in [5, 5.41) is 2.14. The number of benzene rings is 2. The van der Waals surface area contributed by atoms with E-state index in [9.17, 15) is 23.6 Å². The smallest absolute Gasteiger partial charge is 0.262 e. The number of carbonyl (C=O) groups is 4. The van der Waals surface area contributed by atoms with Gasteiger partial charge in [-0.1, -0.05) is 24.3 Å². The van der Waals surface area contributed by atoms with E-state index in [0.717, 1.165) is 22.1 Å². The zero-order chi connectivity index (χ0) is 21.6. The number of nitrogens with zero attached hydrogens (tertiary/aromatic N) is 2. The number of nitrogens with one attached hydrogen (secondary N) is 1. The summed E-state index contributed by atoms with van der Waals surface area (Å²) in [6, 6.07) is 9.04. The van der Waals surface area contributed by atoms with Crippen molar-refractivity contribution in [2.24, 2.45) is 0 Å². The highest BCUT2D eigenvalue weighted by Gasteiger charge is 2.45. The standard InChI is InChI=1S/C22H20FN3O4/c1-12-5-3-4-6-13(12)11-25(2)18-10-15-14(9-16(18)23)21(29)26(22(15)30)17-7-8-19(27)24-20(17)28/h3-6,9-10,17H,7-8,11H2,1-2H3,(H,24,27,28). The minimum absolute atomic E-state index is 0.0303. The molecule has 8 heteroatoms. The number of hydrogen-bond acceptors (Lipinski definition) is 5. The molecule has 1 saturated heterocycles. The highest BCUT2D eigenvalue weighted by atomic mass is 19.1. The number of carbonyl (C=O) groups excluding carboxylic acids is 4. The Kier molecular flexibility index (Phi) is 4.85. The zero-order valence-corrected chi connectivity index (χ0v) is 16.6. The van der Waals surface area contributed by atoms with Crippen molar-refractivity contribution in [1.29, 1.82) is 0 Å². The van der Waals surface area contributed by atoms with E-state index in [2.05, 4.69) is 5.32 Å². The van der Waals surface area contributed by atoms with E-state index in [1.54, 1.807) is 11.9 Å². The molecule has 154 valence electrons. The van der Waals surface area contributed by atoms with E-state index in [4.69, 9.17) is 0 Å². The monoisotopic (exact) mass is 409 g/mol. The zero-order valence-electron chi connectivity index (χ0n) is 16.6. The van der Waals surface area contributed by atoms with Gasteiger partial charge in [0.25, 0.3) is 11.8 Å². The summed E-state index contributed by atoms with van der Waals surface area (Å²) in [5.74, 6) is -3.15. The van der Waals surface area contributed by atoms with Crippen LogP contribution in [-0.2, 0) is 16.1 Å². The Labute approximate surface area is 172 Å². The van der Waals surface area contributed by atoms with E-state index in [1.165, 1.54) is 6.07 Å². The molecule has 7 nitrogen and oxygen atoms in total. The molecular formula is C22H20FN3O4. The topological polar surface area (TPSA) is 86.8 Å². The van der Waals surface area contributed by atoms with E-state index < -0.39 is 35.5 Å². The molecule has 2 aliphatic rings. The second kappa shape index (κ2) is 7.37. The van der Waals surface area contributed by atoms with Crippen LogP contribution in [0.5, 0.6) is 0 Å². The van der Waals surface area contributed by atoms with Crippen LogP contribution < -0.4 is 10.2 Å². The van der Waals surface area contributed by atoms with Crippen LogP contribution in [0.2, 0.25) is 0 Å². The van der Waals surface area contributed by atoms with Gasteiger partial charge in [-0.15, -0.1) is 0 Å². The summed E-state index contributed by atoms with van der Waals surface area (Å²) < 4.78 is 14.8. The van der Waals surface area contributed by atoms with E-state index in [-0.39, 0.29) is 29.7 Å². The average molecular weight is 409 g/mol. The summed E-state index contributed by atoms with van der Waals surface area (Å²) >= 11 is 0. The molecule has 2 aromatic carbocycles. The van der Waals surface area contributed by atoms with Crippen molar-refractivity contribution < 1.29 is 23.6 Å². The first-order valence-electron chi connectivity index (χ1n) is 9.58. The molecule has 0 aromatic heterocycles. The van der Waals surface area contributed by atoms with Gasteiger partial charge < -0.3 is 4.90 Å². The van der Waals surface area contributed by atoms with Gasteiger partial charge in [-0.3, -0.25) is 29.4 Å². The van der Waals surface area contributed by atoms with Crippen molar-refractivity contribution >= 4 is 29.3 Å². The third-order valence-corrected chi connectivity index (χ3v) is 5.59. The molecule has 0 saturated carbocycles. The molecule has 0 spiro atoms. The number of halogens is 1. The second-order valence-electron chi connectivity index (χ2n) is 7.58. The lowest BCUT2D eigenvalue weighted by Gasteiger charge is -2.27. The average Bonchev–Trinajstić information content (AvgIpc) is 2.93. The molecular weight excluding hydrogens is 389 g/mol. The van der Waals surface area contributed by atoms with Crippen molar-refractivity contribution in [3.05, 3.63) is 64.5 Å². The molecule has 2 aromatic rings. The predicted molar refractivity (Wildman–Crippen MR) is 106 cm³/mol. The van der Waals surface area contributed by atoms with Crippen LogP contribution in [0.15, 0.2) is 36.4 Å². The van der Waals surface area contributed by atoms with Gasteiger partial charge in [0, 0.05) is 20.0 Å². The fourth-order valence-electron chi connectivity index (χ4n) is 3.90. The van der Waals surface area contributed by atoms with Crippen LogP contribution in [0.4, 0.5) is 10.1 Å². The maximum absolute atomic E-state index is 14.8. The van der Waals surface area contributed by atoms with Crippen LogP contribution in [0.3, 0.4) is 0 Å². The molecule has 0 bridgehead atoms. The number of piperidine rings is 1. The number of rotatable bonds is 4. The van der Waals surface area contributed by atoms with Gasteiger partial charge in [-0.05, 0) is 36.6 Å². The minimum Gasteiger partial charge on any atom is -0.368 e. The maximum Gasteiger partial charge on any atom is 0.262 e. The van der Waals surface area contributed by atoms with Gasteiger partial charge in [0.15, 0.2) is 0 Å². The highest BCUT2D eigenvalue weighted by molar-refractivity contribution is 6.23. The van der Waals surface area contributed by atoms with Gasteiger partial charge in [-0.2, -0.15) is 0 Å². The van der Waals surface area contributed by atoms with Crippen molar-refractivity contribution in [3.63, 3.8) is 0 Å². The predicted octanol–water partition coefficient (Wildman–Crippen LogP) is 2.17. The fourth-order valence-corrected chi connectivity index (χ4v) is 3.90. The van der Waals surface area contributed by atoms with Gasteiger partial charge in [-0.25, -0.2) is 4.39 Å². The van der Waals surface area contributed by atoms with Crippen LogP contribution in [-0.4, -0.2) is 41.6 Å². The van der Waals surface area contributed by atoms with Crippen LogP contribution >= 0.6 is 0 Å². The Hall–Kier alpha value is -3.55. The molecule has 4 rings (SSSR count). The van der Waals surface area contributed by atoms with Gasteiger partial charge in [0.1, 0.15) is 11.9 Å². The number of hydrogen-bond donors (Lipinski definition) is 1. The van der Waals surface area contributed by atoms with E-state index in [0.29, 0.717) is 6.54 Å². The lowest BCUT2D eigenvalue weighted by Crippen LogP contribution is -2.54. The van der Waals surface area contributed by atoms with E-state index in [1.807, 2.05) is 31.2 Å². The van der Waals surface area contributed by atoms with Gasteiger partial charge >= 0.3 is 0 Å². The molecule has 1 unspecified atom stereocenters. The third-order valence-electron chi connectivity index (χ3n) is 5.59. The lowest BCUT2D eigenvalue weighted by atomic mass is 10.0. The molecule has 2 aliphatic heterocycles. The summed E-state index contributed by atoms with van der Waals surface area (Å²) in [6.07, 6.45) is 0.0846. The fraction of sp³-hybridized carbons (Fsp3) is 0.273. The summed E-state index contributed by atoms with van der Waals surface area (Å²) in [5.41, 5.74) is 2.23. The minimum atomic E-state index is -1.08. The van der Waals surface area contributed by atoms with Gasteiger partial charge in [0.2, 0.25) is 11.8 Å². The third kappa shape index (κ3) is 3.24. The van der Waals surface area contributed by atoms with Crippen molar-refractivity contribution in [1.82, 2.24) is 10.2 Å². The molecule has 4 amide bonds. The Morgan fingerprint density at radius 2 is 1.77 bits per heavy atom. The molecule has 2 heterocycles. The molecule has 1 atom stereocenters. The summed E-state index contributed by atoms with van der Waals surface area (Å²) in [7, 11) is 1.70. The summed E-state index contributed by atoms with van der Waals surface area (Å²) in [6.45, 7) is 2.38. The van der Waals surface area contributed by atoms with Gasteiger partial charge in [0.05, 0.1) is 16.8 Å². The SMILES string of the molecule is Cc1ccccc1CN(C)c1cc2c(cc1F)C(=O)N(C1CCC(=O)NC1=O)C2=O. The maximum atomic E-state index is 14.8. The number of fused-ring (bicyclic) bond motifs is 1. The quantitative estimate of drug-likeness (QED) is 0.783. The largest absolute Gasteiger partial charge is 0.368 e. The molecule has 0 radical (unpaired) electrons. The first kappa shape index (κ1) is 19.8. The Bertz CT molecular complexity index is 1100. The molecule has 0 aliphatic carbocycles. The lowest BCUT2D eigenvalue weighted by molar-refractivity contribution is -0.136. The Morgan fingerprint density at radius 3 is 2.43 bits per heavy atom. The van der Waals surface area contributed by atoms with Crippen LogP contribution in [0.25, 0.3) is 0 Å². The number of imide groups is 2. The second-order valence-corrected chi connectivity index (χ2v) is 7.58. The summed E-state index contributed by atoms with van der Waals surface area (Å²) in [4.78, 5) is 51.7. The van der Waals surface area contributed by atoms with Crippen LogP contribution in [0.1, 0.15) is 44.7 Å². The van der Waals surface area contributed by atoms with Crippen molar-refractivity contribution in [2.75, 3.05) is 11.9 Å². The van der Waals surface area contributed by atoms with E-state index >= 15 is 0 Å².